The van der Waals surface area contributed by atoms with Gasteiger partial charge in [-0.05, 0) is 78.6 Å². The van der Waals surface area contributed by atoms with Crippen molar-refractivity contribution >= 4 is 46.9 Å². The molecule has 0 aliphatic heterocycles. The Hall–Kier alpha value is -6.12. The number of hydrogen-bond donors (Lipinski definition) is 3. The van der Waals surface area contributed by atoms with Crippen LogP contribution in [-0.2, 0) is 16.0 Å². The van der Waals surface area contributed by atoms with Crippen molar-refractivity contribution in [3.63, 3.8) is 0 Å². The standard InChI is InChI=1S/C43H37N3O4S/c1-3-30-21-13-14-29(2)39(30)46-43(49)40(32-17-9-5-10-18-32)51-36-25-22-34(23-26-36)44-42(48)37(45-41(47)33-19-11-6-12-20-33)28-35-24-27-38(50-35)31-15-7-4-8-16-31/h4-28,40H,3H2,1-2H3,(H,44,48)(H,45,47)(H,46,49). The fourth-order valence-corrected chi connectivity index (χ4v) is 6.54. The van der Waals surface area contributed by atoms with Crippen LogP contribution in [0, 0.1) is 6.92 Å². The molecule has 3 amide bonds. The van der Waals surface area contributed by atoms with Crippen LogP contribution in [0.5, 0.6) is 0 Å². The van der Waals surface area contributed by atoms with Gasteiger partial charge in [0.2, 0.25) is 5.91 Å². The van der Waals surface area contributed by atoms with E-state index in [-0.39, 0.29) is 11.6 Å². The second-order valence-electron chi connectivity index (χ2n) is 11.8. The normalized spacial score (nSPS) is 11.8. The van der Waals surface area contributed by atoms with Crippen LogP contribution in [0.2, 0.25) is 0 Å². The average Bonchev–Trinajstić information content (AvgIpc) is 3.64. The molecule has 3 N–H and O–H groups in total. The van der Waals surface area contributed by atoms with Gasteiger partial charge in [0.25, 0.3) is 11.8 Å². The van der Waals surface area contributed by atoms with Crippen molar-refractivity contribution in [2.45, 2.75) is 30.4 Å². The van der Waals surface area contributed by atoms with Crippen LogP contribution in [0.15, 0.2) is 161 Å². The Balaban J connectivity index is 1.21. The Labute approximate surface area is 301 Å². The van der Waals surface area contributed by atoms with Crippen LogP contribution in [0.1, 0.15) is 45.0 Å². The van der Waals surface area contributed by atoms with Crippen LogP contribution in [-0.4, -0.2) is 17.7 Å². The number of para-hydroxylation sites is 1. The van der Waals surface area contributed by atoms with Gasteiger partial charge < -0.3 is 20.4 Å². The molecule has 0 saturated heterocycles. The quantitative estimate of drug-likeness (QED) is 0.0877. The third kappa shape index (κ3) is 8.92. The summed E-state index contributed by atoms with van der Waals surface area (Å²) in [6.45, 7) is 4.07. The topological polar surface area (TPSA) is 100 Å². The van der Waals surface area contributed by atoms with E-state index in [4.69, 9.17) is 4.42 Å². The molecule has 0 saturated carbocycles. The molecule has 5 aromatic carbocycles. The molecule has 1 unspecified atom stereocenters. The average molecular weight is 692 g/mol. The van der Waals surface area contributed by atoms with Gasteiger partial charge in [-0.2, -0.15) is 0 Å². The summed E-state index contributed by atoms with van der Waals surface area (Å²) >= 11 is 1.43. The number of thioether (sulfide) groups is 1. The minimum absolute atomic E-state index is 0.0136. The molecule has 7 nitrogen and oxygen atoms in total. The van der Waals surface area contributed by atoms with Crippen LogP contribution >= 0.6 is 11.8 Å². The van der Waals surface area contributed by atoms with Gasteiger partial charge in [-0.15, -0.1) is 11.8 Å². The zero-order valence-corrected chi connectivity index (χ0v) is 29.1. The summed E-state index contributed by atoms with van der Waals surface area (Å²) in [5.41, 5.74) is 5.64. The first-order valence-corrected chi connectivity index (χ1v) is 17.5. The number of aryl methyl sites for hydroxylation is 2. The monoisotopic (exact) mass is 691 g/mol. The molecule has 0 fully saturated rings. The fraction of sp³-hybridized carbons (Fsp3) is 0.0930. The Kier molecular flexibility index (Phi) is 11.3. The van der Waals surface area contributed by atoms with Crippen molar-refractivity contribution in [2.24, 2.45) is 0 Å². The summed E-state index contributed by atoms with van der Waals surface area (Å²) in [5, 5.41) is 8.32. The number of rotatable bonds is 12. The Bertz CT molecular complexity index is 2140. The van der Waals surface area contributed by atoms with Gasteiger partial charge in [0.1, 0.15) is 22.5 Å². The van der Waals surface area contributed by atoms with E-state index in [1.54, 1.807) is 42.5 Å². The molecule has 1 aromatic heterocycles. The highest BCUT2D eigenvalue weighted by Gasteiger charge is 2.24. The summed E-state index contributed by atoms with van der Waals surface area (Å²) in [5.74, 6) is -0.0355. The van der Waals surface area contributed by atoms with E-state index in [0.717, 1.165) is 39.3 Å². The molecule has 6 aromatic rings. The van der Waals surface area contributed by atoms with Gasteiger partial charge in [0.05, 0.1) is 0 Å². The maximum absolute atomic E-state index is 13.8. The van der Waals surface area contributed by atoms with Gasteiger partial charge >= 0.3 is 0 Å². The lowest BCUT2D eigenvalue weighted by Crippen LogP contribution is -2.30. The molecule has 0 aliphatic carbocycles. The zero-order chi connectivity index (χ0) is 35.6. The molecule has 0 aliphatic rings. The van der Waals surface area contributed by atoms with Crippen molar-refractivity contribution in [1.82, 2.24) is 5.32 Å². The smallest absolute Gasteiger partial charge is 0.272 e. The molecule has 254 valence electrons. The van der Waals surface area contributed by atoms with E-state index in [9.17, 15) is 14.4 Å². The lowest BCUT2D eigenvalue weighted by Gasteiger charge is -2.20. The molecule has 51 heavy (non-hydrogen) atoms. The predicted octanol–water partition coefficient (Wildman–Crippen LogP) is 9.70. The molecular weight excluding hydrogens is 655 g/mol. The number of carbonyl (C=O) groups is 3. The minimum Gasteiger partial charge on any atom is -0.457 e. The molecular formula is C43H37N3O4S. The van der Waals surface area contributed by atoms with Gasteiger partial charge in [0, 0.05) is 33.5 Å². The summed E-state index contributed by atoms with van der Waals surface area (Å²) in [4.78, 5) is 41.4. The second kappa shape index (κ2) is 16.5. The predicted molar refractivity (Wildman–Crippen MR) is 205 cm³/mol. The molecule has 0 radical (unpaired) electrons. The van der Waals surface area contributed by atoms with Crippen LogP contribution in [0.25, 0.3) is 17.4 Å². The maximum Gasteiger partial charge on any atom is 0.272 e. The fourth-order valence-electron chi connectivity index (χ4n) is 5.52. The van der Waals surface area contributed by atoms with Crippen molar-refractivity contribution in [2.75, 3.05) is 10.6 Å². The first-order chi connectivity index (χ1) is 24.9. The Morgan fingerprint density at radius 3 is 2.08 bits per heavy atom. The number of amides is 3. The maximum atomic E-state index is 13.8. The summed E-state index contributed by atoms with van der Waals surface area (Å²) in [7, 11) is 0. The number of anilines is 2. The first kappa shape index (κ1) is 34.7. The van der Waals surface area contributed by atoms with Gasteiger partial charge in [-0.25, -0.2) is 0 Å². The molecule has 8 heteroatoms. The summed E-state index contributed by atoms with van der Waals surface area (Å²) < 4.78 is 6.01. The van der Waals surface area contributed by atoms with E-state index in [0.29, 0.717) is 22.8 Å². The highest BCUT2D eigenvalue weighted by atomic mass is 32.2. The Morgan fingerprint density at radius 2 is 1.39 bits per heavy atom. The van der Waals surface area contributed by atoms with Crippen molar-refractivity contribution in [3.8, 4) is 11.3 Å². The molecule has 1 heterocycles. The van der Waals surface area contributed by atoms with Crippen molar-refractivity contribution < 1.29 is 18.8 Å². The number of benzene rings is 5. The number of furan rings is 1. The Morgan fingerprint density at radius 1 is 0.725 bits per heavy atom. The van der Waals surface area contributed by atoms with Crippen molar-refractivity contribution in [1.29, 1.82) is 0 Å². The third-order valence-corrected chi connectivity index (χ3v) is 9.46. The van der Waals surface area contributed by atoms with Crippen LogP contribution in [0.4, 0.5) is 11.4 Å². The molecule has 0 bridgehead atoms. The highest BCUT2D eigenvalue weighted by Crippen LogP contribution is 2.37. The number of nitrogens with one attached hydrogen (secondary N) is 3. The zero-order valence-electron chi connectivity index (χ0n) is 28.3. The van der Waals surface area contributed by atoms with Crippen LogP contribution in [0.3, 0.4) is 0 Å². The van der Waals surface area contributed by atoms with E-state index in [1.807, 2.05) is 110 Å². The third-order valence-electron chi connectivity index (χ3n) is 8.20. The molecule has 1 atom stereocenters. The van der Waals surface area contributed by atoms with Crippen molar-refractivity contribution in [3.05, 3.63) is 179 Å². The van der Waals surface area contributed by atoms with E-state index in [2.05, 4.69) is 22.9 Å². The highest BCUT2D eigenvalue weighted by molar-refractivity contribution is 8.00. The van der Waals surface area contributed by atoms with Gasteiger partial charge in [0.15, 0.2) is 0 Å². The minimum atomic E-state index is -0.524. The van der Waals surface area contributed by atoms with E-state index in [1.165, 1.54) is 17.8 Å². The summed E-state index contributed by atoms with van der Waals surface area (Å²) in [6.07, 6.45) is 2.31. The number of hydrogen-bond acceptors (Lipinski definition) is 5. The first-order valence-electron chi connectivity index (χ1n) is 16.6. The SMILES string of the molecule is CCc1cccc(C)c1NC(=O)C(Sc1ccc(NC(=O)C(=Cc2ccc(-c3ccccc3)o2)NC(=O)c2ccccc2)cc1)c1ccccc1. The second-order valence-corrected chi connectivity index (χ2v) is 13.0. The lowest BCUT2D eigenvalue weighted by molar-refractivity contribution is -0.116. The van der Waals surface area contributed by atoms with Gasteiger partial charge in [-0.1, -0.05) is 104 Å². The number of carbonyl (C=O) groups excluding carboxylic acids is 3. The van der Waals surface area contributed by atoms with E-state index < -0.39 is 17.1 Å². The van der Waals surface area contributed by atoms with E-state index >= 15 is 0 Å². The lowest BCUT2D eigenvalue weighted by atomic mass is 10.1. The largest absolute Gasteiger partial charge is 0.457 e. The molecule has 6 rings (SSSR count). The molecule has 0 spiro atoms. The summed E-state index contributed by atoms with van der Waals surface area (Å²) in [6, 6.07) is 44.8. The van der Waals surface area contributed by atoms with Crippen LogP contribution < -0.4 is 16.0 Å². The van der Waals surface area contributed by atoms with Gasteiger partial charge in [-0.3, -0.25) is 14.4 Å².